The van der Waals surface area contributed by atoms with Crippen LogP contribution < -0.4 is 0 Å². The molecule has 23 heavy (non-hydrogen) atoms. The van der Waals surface area contributed by atoms with Gasteiger partial charge in [0.1, 0.15) is 0 Å². The molecule has 0 radical (unpaired) electrons. The van der Waals surface area contributed by atoms with Crippen molar-refractivity contribution >= 4 is 6.21 Å². The molecule has 1 aliphatic rings. The molecule has 0 aliphatic heterocycles. The van der Waals surface area contributed by atoms with Crippen LogP contribution in [0.1, 0.15) is 37.0 Å². The molecule has 0 bridgehead atoms. The van der Waals surface area contributed by atoms with Crippen LogP contribution in [0.3, 0.4) is 0 Å². The zero-order valence-corrected chi connectivity index (χ0v) is 13.1. The van der Waals surface area contributed by atoms with Gasteiger partial charge in [-0.25, -0.2) is 0 Å². The van der Waals surface area contributed by atoms with E-state index in [0.29, 0.717) is 0 Å². The van der Waals surface area contributed by atoms with E-state index in [1.807, 2.05) is 36.5 Å². The summed E-state index contributed by atoms with van der Waals surface area (Å²) in [6, 6.07) is 15.1. The maximum Gasteiger partial charge on any atom is 0.416 e. The van der Waals surface area contributed by atoms with Crippen LogP contribution in [-0.4, -0.2) is 6.21 Å². The van der Waals surface area contributed by atoms with E-state index in [-0.39, 0.29) is 5.41 Å². The van der Waals surface area contributed by atoms with Crippen molar-refractivity contribution in [3.8, 4) is 0 Å². The number of nitrogens with zero attached hydrogens (tertiary/aromatic N) is 1. The molecular formula is C19H18F3N. The lowest BCUT2D eigenvalue weighted by molar-refractivity contribution is -0.137. The Balaban J connectivity index is 1.92. The van der Waals surface area contributed by atoms with Crippen molar-refractivity contribution in [2.24, 2.45) is 10.4 Å². The molecule has 0 heterocycles. The summed E-state index contributed by atoms with van der Waals surface area (Å²) in [4.78, 5) is 4.75. The average Bonchev–Trinajstić information content (AvgIpc) is 3.08. The molecule has 1 nitrogen and oxygen atoms in total. The number of aliphatic imine (C=N–C) groups is 1. The number of hydrogen-bond acceptors (Lipinski definition) is 1. The van der Waals surface area contributed by atoms with Crippen LogP contribution in [-0.2, 0) is 11.7 Å². The minimum atomic E-state index is -4.31. The van der Waals surface area contributed by atoms with Crippen LogP contribution >= 0.6 is 0 Å². The van der Waals surface area contributed by atoms with Gasteiger partial charge in [0, 0.05) is 6.21 Å². The molecule has 120 valence electrons. The van der Waals surface area contributed by atoms with Gasteiger partial charge in [0.15, 0.2) is 0 Å². The minimum absolute atomic E-state index is 0.0575. The van der Waals surface area contributed by atoms with Gasteiger partial charge in [0.25, 0.3) is 0 Å². The molecule has 0 N–H and O–H groups in total. The molecule has 3 rings (SSSR count). The molecule has 1 aliphatic carbocycles. The summed E-state index contributed by atoms with van der Waals surface area (Å²) < 4.78 is 38.2. The van der Waals surface area contributed by atoms with Crippen molar-refractivity contribution in [2.75, 3.05) is 0 Å². The third kappa shape index (κ3) is 2.90. The lowest BCUT2D eigenvalue weighted by Crippen LogP contribution is -2.13. The number of halogens is 3. The summed E-state index contributed by atoms with van der Waals surface area (Å²) in [5, 5.41) is 0. The normalized spacial score (nSPS) is 23.2. The summed E-state index contributed by atoms with van der Waals surface area (Å²) in [6.45, 7) is 4.18. The van der Waals surface area contributed by atoms with E-state index in [2.05, 4.69) is 13.8 Å². The minimum Gasteiger partial charge on any atom is -0.281 e. The highest BCUT2D eigenvalue weighted by Crippen LogP contribution is 2.65. The predicted molar refractivity (Wildman–Crippen MR) is 85.6 cm³/mol. The Hall–Kier alpha value is -2.10. The highest BCUT2D eigenvalue weighted by atomic mass is 19.4. The van der Waals surface area contributed by atoms with Gasteiger partial charge in [-0.1, -0.05) is 56.3 Å². The average molecular weight is 317 g/mol. The predicted octanol–water partition coefficient (Wildman–Crippen LogP) is 5.45. The highest BCUT2D eigenvalue weighted by Gasteiger charge is 2.62. The molecule has 4 heteroatoms. The topological polar surface area (TPSA) is 12.4 Å². The van der Waals surface area contributed by atoms with E-state index >= 15 is 0 Å². The monoisotopic (exact) mass is 317 g/mol. The first-order valence-electron chi connectivity index (χ1n) is 7.53. The Morgan fingerprint density at radius 3 is 2.00 bits per heavy atom. The van der Waals surface area contributed by atoms with Crippen LogP contribution in [0.2, 0.25) is 0 Å². The molecule has 2 aromatic carbocycles. The first kappa shape index (κ1) is 15.8. The van der Waals surface area contributed by atoms with E-state index < -0.39 is 17.3 Å². The van der Waals surface area contributed by atoms with Gasteiger partial charge in [-0.2, -0.15) is 13.2 Å². The molecule has 1 saturated carbocycles. The van der Waals surface area contributed by atoms with Crippen molar-refractivity contribution in [1.29, 1.82) is 0 Å². The Labute approximate surface area is 133 Å². The molecule has 0 saturated heterocycles. The SMILES string of the molecule is CC1(C)CC1(N=Cc1ccccc1)c1ccc(C(F)(F)F)cc1. The number of hydrogen-bond donors (Lipinski definition) is 0. The summed E-state index contributed by atoms with van der Waals surface area (Å²) in [6.07, 6.45) is -1.67. The lowest BCUT2D eigenvalue weighted by atomic mass is 9.95. The molecule has 1 unspecified atom stereocenters. The molecule has 2 aromatic rings. The standard InChI is InChI=1S/C19H18F3N/c1-17(2)13-18(17,23-12-14-6-4-3-5-7-14)15-8-10-16(11-9-15)19(20,21)22/h3-12H,13H2,1-2H3. The molecule has 1 fully saturated rings. The summed E-state index contributed by atoms with van der Waals surface area (Å²) in [7, 11) is 0. The van der Waals surface area contributed by atoms with Gasteiger partial charge < -0.3 is 0 Å². The largest absolute Gasteiger partial charge is 0.416 e. The molecule has 0 aromatic heterocycles. The van der Waals surface area contributed by atoms with E-state index in [1.54, 1.807) is 12.1 Å². The van der Waals surface area contributed by atoms with Gasteiger partial charge in [-0.15, -0.1) is 0 Å². The van der Waals surface area contributed by atoms with Gasteiger partial charge >= 0.3 is 6.18 Å². The van der Waals surface area contributed by atoms with Crippen molar-refractivity contribution in [3.63, 3.8) is 0 Å². The van der Waals surface area contributed by atoms with Gasteiger partial charge in [-0.05, 0) is 35.1 Å². The second kappa shape index (κ2) is 5.22. The molecular weight excluding hydrogens is 299 g/mol. The van der Waals surface area contributed by atoms with Crippen molar-refractivity contribution < 1.29 is 13.2 Å². The maximum absolute atomic E-state index is 12.7. The van der Waals surface area contributed by atoms with Crippen LogP contribution in [0.15, 0.2) is 59.6 Å². The lowest BCUT2D eigenvalue weighted by Gasteiger charge is -2.17. The number of alkyl halides is 3. The van der Waals surface area contributed by atoms with Crippen LogP contribution in [0, 0.1) is 5.41 Å². The van der Waals surface area contributed by atoms with Crippen LogP contribution in [0.4, 0.5) is 13.2 Å². The molecule has 0 amide bonds. The number of benzene rings is 2. The fraction of sp³-hybridized carbons (Fsp3) is 0.316. The van der Waals surface area contributed by atoms with Gasteiger partial charge in [-0.3, -0.25) is 4.99 Å². The third-order valence-electron chi connectivity index (χ3n) is 4.62. The Morgan fingerprint density at radius 2 is 1.52 bits per heavy atom. The Kier molecular flexibility index (Phi) is 3.58. The smallest absolute Gasteiger partial charge is 0.281 e. The van der Waals surface area contributed by atoms with E-state index in [4.69, 9.17) is 4.99 Å². The Bertz CT molecular complexity index is 715. The zero-order valence-electron chi connectivity index (χ0n) is 13.1. The third-order valence-corrected chi connectivity index (χ3v) is 4.62. The maximum atomic E-state index is 12.7. The van der Waals surface area contributed by atoms with Gasteiger partial charge in [0.05, 0.1) is 11.1 Å². The fourth-order valence-corrected chi connectivity index (χ4v) is 3.04. The van der Waals surface area contributed by atoms with Crippen LogP contribution in [0.25, 0.3) is 0 Å². The Morgan fingerprint density at radius 1 is 0.957 bits per heavy atom. The first-order valence-corrected chi connectivity index (χ1v) is 7.53. The van der Waals surface area contributed by atoms with Crippen LogP contribution in [0.5, 0.6) is 0 Å². The number of rotatable bonds is 3. The first-order chi connectivity index (χ1) is 10.7. The summed E-state index contributed by atoms with van der Waals surface area (Å²) >= 11 is 0. The quantitative estimate of drug-likeness (QED) is 0.668. The molecule has 1 atom stereocenters. The highest BCUT2D eigenvalue weighted by molar-refractivity contribution is 5.80. The summed E-state index contributed by atoms with van der Waals surface area (Å²) in [5.41, 5.74) is 0.705. The van der Waals surface area contributed by atoms with E-state index in [9.17, 15) is 13.2 Å². The second-order valence-electron chi connectivity index (χ2n) is 6.66. The van der Waals surface area contributed by atoms with Crippen molar-refractivity contribution in [2.45, 2.75) is 32.0 Å². The van der Waals surface area contributed by atoms with Gasteiger partial charge in [0.2, 0.25) is 0 Å². The fourth-order valence-electron chi connectivity index (χ4n) is 3.04. The molecule has 0 spiro atoms. The van der Waals surface area contributed by atoms with Crippen molar-refractivity contribution in [1.82, 2.24) is 0 Å². The van der Waals surface area contributed by atoms with E-state index in [0.717, 1.165) is 29.7 Å². The summed E-state index contributed by atoms with van der Waals surface area (Å²) in [5.74, 6) is 0. The zero-order chi connectivity index (χ0) is 16.7. The van der Waals surface area contributed by atoms with Crippen molar-refractivity contribution in [3.05, 3.63) is 71.3 Å². The van der Waals surface area contributed by atoms with E-state index in [1.165, 1.54) is 0 Å². The second-order valence-corrected chi connectivity index (χ2v) is 6.66.